The van der Waals surface area contributed by atoms with Crippen molar-refractivity contribution in [3.63, 3.8) is 0 Å². The number of carbonyl (C=O) groups is 2. The van der Waals surface area contributed by atoms with Gasteiger partial charge in [-0.15, -0.1) is 0 Å². The zero-order chi connectivity index (χ0) is 15.9. The van der Waals surface area contributed by atoms with Crippen LogP contribution in [0.3, 0.4) is 0 Å². The van der Waals surface area contributed by atoms with E-state index in [4.69, 9.17) is 0 Å². The first-order chi connectivity index (χ1) is 10.5. The summed E-state index contributed by atoms with van der Waals surface area (Å²) in [5, 5.41) is 9.39. The van der Waals surface area contributed by atoms with Gasteiger partial charge in [0, 0.05) is 19.0 Å². The molecule has 2 aliphatic rings. The van der Waals surface area contributed by atoms with Gasteiger partial charge in [-0.3, -0.25) is 9.59 Å². The van der Waals surface area contributed by atoms with E-state index < -0.39 is 29.6 Å². The quantitative estimate of drug-likeness (QED) is 0.929. The zero-order valence-electron chi connectivity index (χ0n) is 11.9. The number of alkyl halides is 2. The average Bonchev–Trinajstić information content (AvgIpc) is 3.20. The predicted octanol–water partition coefficient (Wildman–Crippen LogP) is 2.36. The SMILES string of the molecule is O=C(O)[C@@H]1CN(C(=O)C2(C(F)F)CC2)C[C@H]1c1ccccc1. The van der Waals surface area contributed by atoms with Crippen molar-refractivity contribution < 1.29 is 23.5 Å². The van der Waals surface area contributed by atoms with Gasteiger partial charge in [0.15, 0.2) is 0 Å². The molecule has 118 valence electrons. The van der Waals surface area contributed by atoms with E-state index in [-0.39, 0.29) is 31.8 Å². The lowest BCUT2D eigenvalue weighted by atomic mass is 9.89. The first kappa shape index (κ1) is 14.9. The molecule has 0 aromatic heterocycles. The average molecular weight is 309 g/mol. The molecular weight excluding hydrogens is 292 g/mol. The van der Waals surface area contributed by atoms with Crippen LogP contribution in [0.5, 0.6) is 0 Å². The highest BCUT2D eigenvalue weighted by molar-refractivity contribution is 5.87. The number of rotatable bonds is 4. The third-order valence-electron chi connectivity index (χ3n) is 4.78. The van der Waals surface area contributed by atoms with Crippen molar-refractivity contribution in [1.29, 1.82) is 0 Å². The molecule has 4 nitrogen and oxygen atoms in total. The van der Waals surface area contributed by atoms with Crippen LogP contribution >= 0.6 is 0 Å². The lowest BCUT2D eigenvalue weighted by Crippen LogP contribution is -2.39. The number of hydrogen-bond donors (Lipinski definition) is 1. The van der Waals surface area contributed by atoms with Gasteiger partial charge in [0.05, 0.1) is 5.92 Å². The molecule has 2 atom stereocenters. The summed E-state index contributed by atoms with van der Waals surface area (Å²) in [4.78, 5) is 25.2. The van der Waals surface area contributed by atoms with Crippen molar-refractivity contribution >= 4 is 11.9 Å². The summed E-state index contributed by atoms with van der Waals surface area (Å²) < 4.78 is 26.2. The number of carboxylic acids is 1. The summed E-state index contributed by atoms with van der Waals surface area (Å²) >= 11 is 0. The van der Waals surface area contributed by atoms with Crippen LogP contribution in [0, 0.1) is 11.3 Å². The monoisotopic (exact) mass is 309 g/mol. The molecule has 1 saturated carbocycles. The number of carboxylic acid groups (broad SMARTS) is 1. The van der Waals surface area contributed by atoms with Crippen LogP contribution in [0.1, 0.15) is 24.3 Å². The molecule has 22 heavy (non-hydrogen) atoms. The molecule has 0 radical (unpaired) electrons. The molecule has 1 amide bonds. The Morgan fingerprint density at radius 1 is 1.18 bits per heavy atom. The Hall–Kier alpha value is -1.98. The van der Waals surface area contributed by atoms with E-state index >= 15 is 0 Å². The van der Waals surface area contributed by atoms with Gasteiger partial charge in [0.2, 0.25) is 5.91 Å². The third kappa shape index (κ3) is 2.36. The fourth-order valence-corrected chi connectivity index (χ4v) is 3.23. The molecule has 3 rings (SSSR count). The molecule has 1 heterocycles. The van der Waals surface area contributed by atoms with Gasteiger partial charge in [0.25, 0.3) is 6.43 Å². The van der Waals surface area contributed by atoms with E-state index in [9.17, 15) is 23.5 Å². The predicted molar refractivity (Wildman–Crippen MR) is 74.6 cm³/mol. The molecule has 1 aliphatic carbocycles. The summed E-state index contributed by atoms with van der Waals surface area (Å²) in [6.45, 7) is 0.191. The Kier molecular flexibility index (Phi) is 3.62. The van der Waals surface area contributed by atoms with Gasteiger partial charge in [-0.05, 0) is 18.4 Å². The number of halogens is 2. The summed E-state index contributed by atoms with van der Waals surface area (Å²) in [6.07, 6.45) is -2.30. The van der Waals surface area contributed by atoms with E-state index in [2.05, 4.69) is 0 Å². The molecule has 0 bridgehead atoms. The number of carbonyl (C=O) groups excluding carboxylic acids is 1. The molecule has 1 saturated heterocycles. The molecule has 1 aliphatic heterocycles. The smallest absolute Gasteiger partial charge is 0.308 e. The van der Waals surface area contributed by atoms with Gasteiger partial charge in [0.1, 0.15) is 5.41 Å². The normalized spacial score (nSPS) is 26.2. The summed E-state index contributed by atoms with van der Waals surface area (Å²) in [7, 11) is 0. The number of benzene rings is 1. The second-order valence-corrected chi connectivity index (χ2v) is 6.13. The number of nitrogens with zero attached hydrogens (tertiary/aromatic N) is 1. The topological polar surface area (TPSA) is 57.6 Å². The fraction of sp³-hybridized carbons (Fsp3) is 0.500. The van der Waals surface area contributed by atoms with Gasteiger partial charge >= 0.3 is 5.97 Å². The van der Waals surface area contributed by atoms with Crippen molar-refractivity contribution in [3.8, 4) is 0 Å². The number of likely N-dealkylation sites (tertiary alicyclic amines) is 1. The molecule has 6 heteroatoms. The zero-order valence-corrected chi connectivity index (χ0v) is 11.9. The Balaban J connectivity index is 1.82. The molecule has 0 unspecified atom stereocenters. The molecular formula is C16H17F2NO3. The van der Waals surface area contributed by atoms with Gasteiger partial charge in [-0.25, -0.2) is 8.78 Å². The molecule has 2 fully saturated rings. The van der Waals surface area contributed by atoms with Gasteiger partial charge in [-0.2, -0.15) is 0 Å². The van der Waals surface area contributed by atoms with E-state index in [1.165, 1.54) is 4.90 Å². The minimum Gasteiger partial charge on any atom is -0.481 e. The third-order valence-corrected chi connectivity index (χ3v) is 4.78. The number of aliphatic carboxylic acids is 1. The molecule has 1 aromatic rings. The summed E-state index contributed by atoms with van der Waals surface area (Å²) in [5.41, 5.74) is -0.735. The lowest BCUT2D eigenvalue weighted by molar-refractivity contribution is -0.143. The van der Waals surface area contributed by atoms with Crippen LogP contribution < -0.4 is 0 Å². The number of amides is 1. The highest BCUT2D eigenvalue weighted by Gasteiger charge is 2.60. The van der Waals surface area contributed by atoms with Crippen molar-refractivity contribution in [2.24, 2.45) is 11.3 Å². The first-order valence-corrected chi connectivity index (χ1v) is 7.31. The summed E-state index contributed by atoms with van der Waals surface area (Å²) in [5.74, 6) is -2.69. The van der Waals surface area contributed by atoms with Crippen LogP contribution in [0.4, 0.5) is 8.78 Å². The molecule has 1 aromatic carbocycles. The van der Waals surface area contributed by atoms with Crippen molar-refractivity contribution in [1.82, 2.24) is 4.90 Å². The van der Waals surface area contributed by atoms with Crippen LogP contribution in [-0.2, 0) is 9.59 Å². The second-order valence-electron chi connectivity index (χ2n) is 6.13. The fourth-order valence-electron chi connectivity index (χ4n) is 3.23. The van der Waals surface area contributed by atoms with Crippen LogP contribution in [0.15, 0.2) is 30.3 Å². The Bertz CT molecular complexity index is 586. The summed E-state index contributed by atoms with van der Waals surface area (Å²) in [6, 6.07) is 9.07. The maximum absolute atomic E-state index is 13.1. The Morgan fingerprint density at radius 3 is 2.32 bits per heavy atom. The van der Waals surface area contributed by atoms with Gasteiger partial charge in [-0.1, -0.05) is 30.3 Å². The van der Waals surface area contributed by atoms with E-state index in [1.807, 2.05) is 18.2 Å². The maximum atomic E-state index is 13.1. The Labute approximate surface area is 126 Å². The minimum atomic E-state index is -2.68. The van der Waals surface area contributed by atoms with Crippen LogP contribution in [0.25, 0.3) is 0 Å². The van der Waals surface area contributed by atoms with E-state index in [0.717, 1.165) is 5.56 Å². The van der Waals surface area contributed by atoms with Crippen LogP contribution in [-0.4, -0.2) is 41.4 Å². The van der Waals surface area contributed by atoms with Crippen molar-refractivity contribution in [3.05, 3.63) is 35.9 Å². The van der Waals surface area contributed by atoms with Crippen molar-refractivity contribution in [2.45, 2.75) is 25.2 Å². The maximum Gasteiger partial charge on any atom is 0.308 e. The van der Waals surface area contributed by atoms with Gasteiger partial charge < -0.3 is 10.0 Å². The standard InChI is InChI=1S/C16H17F2NO3/c17-14(18)16(6-7-16)15(22)19-8-11(12(9-19)13(20)21)10-4-2-1-3-5-10/h1-5,11-12,14H,6-9H2,(H,20,21)/t11-,12+/m0/s1. The van der Waals surface area contributed by atoms with E-state index in [1.54, 1.807) is 12.1 Å². The Morgan fingerprint density at radius 2 is 1.82 bits per heavy atom. The number of hydrogen-bond acceptors (Lipinski definition) is 2. The second kappa shape index (κ2) is 5.34. The minimum absolute atomic E-state index is 0.00218. The van der Waals surface area contributed by atoms with E-state index in [0.29, 0.717) is 0 Å². The largest absolute Gasteiger partial charge is 0.481 e. The van der Waals surface area contributed by atoms with Crippen LogP contribution in [0.2, 0.25) is 0 Å². The highest BCUT2D eigenvalue weighted by Crippen LogP contribution is 2.53. The lowest BCUT2D eigenvalue weighted by Gasteiger charge is -2.22. The first-order valence-electron chi connectivity index (χ1n) is 7.31. The highest BCUT2D eigenvalue weighted by atomic mass is 19.3. The molecule has 0 spiro atoms. The van der Waals surface area contributed by atoms with Crippen molar-refractivity contribution in [2.75, 3.05) is 13.1 Å². The molecule has 1 N–H and O–H groups in total.